The average molecular weight is 201 g/mol. The fourth-order valence-corrected chi connectivity index (χ4v) is 1.58. The number of nitrogens with zero attached hydrogens (tertiary/aromatic N) is 1. The Morgan fingerprint density at radius 1 is 1.27 bits per heavy atom. The minimum absolute atomic E-state index is 0.637. The molecule has 0 aliphatic carbocycles. The van der Waals surface area contributed by atoms with Crippen molar-refractivity contribution in [1.29, 1.82) is 0 Å². The van der Waals surface area contributed by atoms with Gasteiger partial charge in [-0.15, -0.1) is 0 Å². The van der Waals surface area contributed by atoms with Gasteiger partial charge in [0.25, 0.3) is 0 Å². The lowest BCUT2D eigenvalue weighted by Gasteiger charge is -2.06. The van der Waals surface area contributed by atoms with Crippen molar-refractivity contribution in [3.05, 3.63) is 35.5 Å². The molecule has 0 amide bonds. The van der Waals surface area contributed by atoms with Crippen LogP contribution in [-0.2, 0) is 0 Å². The summed E-state index contributed by atoms with van der Waals surface area (Å²) in [6, 6.07) is 7.28. The van der Waals surface area contributed by atoms with Crippen LogP contribution in [0.25, 0.3) is 10.9 Å². The van der Waals surface area contributed by atoms with Crippen LogP contribution in [0.3, 0.4) is 0 Å². The maximum absolute atomic E-state index is 10.8. The summed E-state index contributed by atoms with van der Waals surface area (Å²) in [6.07, 6.45) is 0.832. The summed E-state index contributed by atoms with van der Waals surface area (Å²) in [5, 5.41) is 0.829. The number of aldehydes is 1. The quantitative estimate of drug-likeness (QED) is 0.700. The van der Waals surface area contributed by atoms with Crippen LogP contribution in [0.4, 0.5) is 0 Å². The number of methoxy groups -OCH3 is 1. The van der Waals surface area contributed by atoms with E-state index in [0.29, 0.717) is 11.3 Å². The Bertz CT molecular complexity index is 520. The highest BCUT2D eigenvalue weighted by Gasteiger charge is 2.06. The second kappa shape index (κ2) is 3.69. The lowest BCUT2D eigenvalue weighted by atomic mass is 10.1. The highest BCUT2D eigenvalue weighted by molar-refractivity contribution is 5.99. The molecule has 76 valence electrons. The summed E-state index contributed by atoms with van der Waals surface area (Å²) in [6.45, 7) is 1.91. The molecule has 0 aliphatic heterocycles. The monoisotopic (exact) mass is 201 g/mol. The predicted molar refractivity (Wildman–Crippen MR) is 58.4 cm³/mol. The van der Waals surface area contributed by atoms with E-state index in [1.54, 1.807) is 19.2 Å². The van der Waals surface area contributed by atoms with E-state index in [9.17, 15) is 4.79 Å². The molecule has 0 bridgehead atoms. The van der Waals surface area contributed by atoms with Crippen molar-refractivity contribution in [2.45, 2.75) is 6.92 Å². The van der Waals surface area contributed by atoms with Crippen molar-refractivity contribution in [1.82, 2.24) is 4.98 Å². The first-order valence-corrected chi connectivity index (χ1v) is 4.66. The summed E-state index contributed by atoms with van der Waals surface area (Å²) in [5.41, 5.74) is 2.28. The zero-order chi connectivity index (χ0) is 10.8. The van der Waals surface area contributed by atoms with Crippen molar-refractivity contribution < 1.29 is 9.53 Å². The molecule has 1 aromatic heterocycles. The number of pyridine rings is 1. The Hall–Kier alpha value is -1.90. The van der Waals surface area contributed by atoms with Gasteiger partial charge in [-0.25, -0.2) is 4.98 Å². The van der Waals surface area contributed by atoms with E-state index in [4.69, 9.17) is 4.74 Å². The van der Waals surface area contributed by atoms with Gasteiger partial charge in [0.2, 0.25) is 0 Å². The Kier molecular flexibility index (Phi) is 2.37. The third kappa shape index (κ3) is 1.56. The normalized spacial score (nSPS) is 10.3. The van der Waals surface area contributed by atoms with Crippen LogP contribution in [-0.4, -0.2) is 18.4 Å². The van der Waals surface area contributed by atoms with Crippen molar-refractivity contribution in [3.8, 4) is 5.75 Å². The number of carbonyl (C=O) groups is 1. The fraction of sp³-hybridized carbons (Fsp3) is 0.167. The number of hydrogen-bond acceptors (Lipinski definition) is 3. The van der Waals surface area contributed by atoms with Gasteiger partial charge in [0.1, 0.15) is 11.3 Å². The van der Waals surface area contributed by atoms with Crippen LogP contribution in [0, 0.1) is 6.92 Å². The van der Waals surface area contributed by atoms with E-state index in [2.05, 4.69) is 4.98 Å². The molecule has 1 aromatic carbocycles. The molecule has 0 aliphatic rings. The van der Waals surface area contributed by atoms with Gasteiger partial charge < -0.3 is 4.74 Å². The van der Waals surface area contributed by atoms with Crippen LogP contribution in [0.15, 0.2) is 24.3 Å². The average Bonchev–Trinajstić information content (AvgIpc) is 2.27. The molecule has 0 atom stereocenters. The van der Waals surface area contributed by atoms with Gasteiger partial charge in [0.15, 0.2) is 6.29 Å². The molecule has 1 heterocycles. The molecule has 0 N–H and O–H groups in total. The number of aryl methyl sites for hydroxylation is 1. The summed E-state index contributed by atoms with van der Waals surface area (Å²) in [7, 11) is 1.60. The van der Waals surface area contributed by atoms with Gasteiger partial charge in [-0.1, -0.05) is 6.07 Å². The molecule has 3 heteroatoms. The van der Waals surface area contributed by atoms with Gasteiger partial charge in [-0.05, 0) is 25.1 Å². The van der Waals surface area contributed by atoms with Crippen molar-refractivity contribution in [3.63, 3.8) is 0 Å². The molecule has 0 radical (unpaired) electrons. The fourth-order valence-electron chi connectivity index (χ4n) is 1.58. The lowest BCUT2D eigenvalue weighted by molar-refractivity contribution is 0.112. The molecule has 3 nitrogen and oxygen atoms in total. The number of benzene rings is 1. The summed E-state index contributed by atoms with van der Waals surface area (Å²) in [4.78, 5) is 15.2. The Morgan fingerprint density at radius 2 is 2.07 bits per heavy atom. The standard InChI is InChI=1S/C12H11NO2/c1-8-3-5-10-9(7-14)4-6-11(15-2)12(10)13-8/h3-7H,1-2H3. The third-order valence-electron chi connectivity index (χ3n) is 2.34. The molecule has 0 fully saturated rings. The smallest absolute Gasteiger partial charge is 0.150 e. The van der Waals surface area contributed by atoms with Gasteiger partial charge in [0, 0.05) is 16.6 Å². The third-order valence-corrected chi connectivity index (χ3v) is 2.34. The molecular weight excluding hydrogens is 190 g/mol. The Labute approximate surface area is 87.7 Å². The van der Waals surface area contributed by atoms with Crippen LogP contribution < -0.4 is 4.74 Å². The number of fused-ring (bicyclic) bond motifs is 1. The molecule has 0 saturated heterocycles. The van der Waals surface area contributed by atoms with Crippen molar-refractivity contribution in [2.75, 3.05) is 7.11 Å². The minimum Gasteiger partial charge on any atom is -0.494 e. The zero-order valence-corrected chi connectivity index (χ0v) is 8.65. The molecular formula is C12H11NO2. The van der Waals surface area contributed by atoms with Crippen LogP contribution >= 0.6 is 0 Å². The number of carbonyl (C=O) groups excluding carboxylic acids is 1. The number of hydrogen-bond donors (Lipinski definition) is 0. The highest BCUT2D eigenvalue weighted by Crippen LogP contribution is 2.26. The number of ether oxygens (including phenoxy) is 1. The topological polar surface area (TPSA) is 39.2 Å². The predicted octanol–water partition coefficient (Wildman–Crippen LogP) is 2.36. The molecule has 2 rings (SSSR count). The van der Waals surface area contributed by atoms with Gasteiger partial charge in [-0.2, -0.15) is 0 Å². The van der Waals surface area contributed by atoms with Crippen LogP contribution in [0.1, 0.15) is 16.1 Å². The van der Waals surface area contributed by atoms with Gasteiger partial charge in [0.05, 0.1) is 7.11 Å². The van der Waals surface area contributed by atoms with Crippen molar-refractivity contribution in [2.24, 2.45) is 0 Å². The van der Waals surface area contributed by atoms with E-state index in [0.717, 1.165) is 22.9 Å². The first-order valence-electron chi connectivity index (χ1n) is 4.66. The first-order chi connectivity index (χ1) is 7.26. The summed E-state index contributed by atoms with van der Waals surface area (Å²) >= 11 is 0. The van der Waals surface area contributed by atoms with E-state index in [1.807, 2.05) is 19.1 Å². The van der Waals surface area contributed by atoms with Gasteiger partial charge >= 0.3 is 0 Å². The molecule has 2 aromatic rings. The second-order valence-corrected chi connectivity index (χ2v) is 3.32. The highest BCUT2D eigenvalue weighted by atomic mass is 16.5. The van der Waals surface area contributed by atoms with E-state index in [1.165, 1.54) is 0 Å². The van der Waals surface area contributed by atoms with Crippen LogP contribution in [0.5, 0.6) is 5.75 Å². The second-order valence-electron chi connectivity index (χ2n) is 3.32. The number of rotatable bonds is 2. The Morgan fingerprint density at radius 3 is 2.73 bits per heavy atom. The minimum atomic E-state index is 0.637. The molecule has 15 heavy (non-hydrogen) atoms. The zero-order valence-electron chi connectivity index (χ0n) is 8.65. The van der Waals surface area contributed by atoms with Gasteiger partial charge in [-0.3, -0.25) is 4.79 Å². The van der Waals surface area contributed by atoms with Crippen molar-refractivity contribution >= 4 is 17.2 Å². The lowest BCUT2D eigenvalue weighted by Crippen LogP contribution is -1.92. The van der Waals surface area contributed by atoms with E-state index < -0.39 is 0 Å². The molecule has 0 saturated carbocycles. The SMILES string of the molecule is COc1ccc(C=O)c2ccc(C)nc12. The van der Waals surface area contributed by atoms with E-state index >= 15 is 0 Å². The van der Waals surface area contributed by atoms with E-state index in [-0.39, 0.29) is 0 Å². The summed E-state index contributed by atoms with van der Waals surface area (Å²) < 4.78 is 5.20. The Balaban J connectivity index is 2.86. The van der Waals surface area contributed by atoms with Crippen LogP contribution in [0.2, 0.25) is 0 Å². The maximum atomic E-state index is 10.8. The first kappa shape index (κ1) is 9.65. The molecule has 0 unspecified atom stereocenters. The summed E-state index contributed by atoms with van der Waals surface area (Å²) in [5.74, 6) is 0.694. The number of aromatic nitrogens is 1. The molecule has 0 spiro atoms. The maximum Gasteiger partial charge on any atom is 0.150 e. The largest absolute Gasteiger partial charge is 0.494 e.